The number of fused-ring (bicyclic) bond motifs is 1. The minimum atomic E-state index is -0.266. The van der Waals surface area contributed by atoms with Crippen LogP contribution in [0.3, 0.4) is 0 Å². The average Bonchev–Trinajstić information content (AvgIpc) is 2.93. The molecular weight excluding hydrogens is 272 g/mol. The topological polar surface area (TPSA) is 38.0 Å². The summed E-state index contributed by atoms with van der Waals surface area (Å²) < 4.78 is 2.06. The molecule has 3 nitrogen and oxygen atoms in total. The molecule has 1 N–H and O–H groups in total. The largest absolute Gasteiger partial charge is 0.391 e. The number of unbranched alkanes of at least 4 members (excludes halogenated alkanes) is 7. The molecule has 0 saturated heterocycles. The van der Waals surface area contributed by atoms with E-state index in [9.17, 15) is 5.11 Å². The van der Waals surface area contributed by atoms with Crippen LogP contribution in [0.15, 0.2) is 30.6 Å². The smallest absolute Gasteiger partial charge is 0.0959 e. The predicted molar refractivity (Wildman–Crippen MR) is 93.0 cm³/mol. The van der Waals surface area contributed by atoms with Crippen molar-refractivity contribution in [3.63, 3.8) is 0 Å². The molecule has 1 heterocycles. The molecule has 1 aromatic heterocycles. The van der Waals surface area contributed by atoms with Crippen LogP contribution in [0.25, 0.3) is 11.0 Å². The van der Waals surface area contributed by atoms with Gasteiger partial charge in [-0.3, -0.25) is 0 Å². The fraction of sp³-hybridized carbons (Fsp3) is 0.632. The summed E-state index contributed by atoms with van der Waals surface area (Å²) >= 11 is 0. The normalized spacial score (nSPS) is 12.8. The molecule has 122 valence electrons. The molecule has 2 rings (SSSR count). The number of para-hydroxylation sites is 2. The second kappa shape index (κ2) is 9.62. The lowest BCUT2D eigenvalue weighted by Gasteiger charge is -2.12. The molecule has 0 aliphatic carbocycles. The van der Waals surface area contributed by atoms with Crippen LogP contribution >= 0.6 is 0 Å². The van der Waals surface area contributed by atoms with E-state index >= 15 is 0 Å². The van der Waals surface area contributed by atoms with Crippen molar-refractivity contribution in [1.29, 1.82) is 0 Å². The minimum absolute atomic E-state index is 0.266. The number of hydrogen-bond acceptors (Lipinski definition) is 2. The molecule has 0 spiro atoms. The number of benzene rings is 1. The second-order valence-electron chi connectivity index (χ2n) is 6.30. The number of hydrogen-bond donors (Lipinski definition) is 1. The zero-order valence-electron chi connectivity index (χ0n) is 13.9. The lowest BCUT2D eigenvalue weighted by Crippen LogP contribution is -2.15. The lowest BCUT2D eigenvalue weighted by molar-refractivity contribution is 0.142. The highest BCUT2D eigenvalue weighted by atomic mass is 16.3. The quantitative estimate of drug-likeness (QED) is 0.598. The summed E-state index contributed by atoms with van der Waals surface area (Å²) in [6.07, 6.45) is 12.9. The Balaban J connectivity index is 1.61. The van der Waals surface area contributed by atoms with Crippen LogP contribution in [-0.2, 0) is 6.54 Å². The summed E-state index contributed by atoms with van der Waals surface area (Å²) in [5.41, 5.74) is 2.11. The van der Waals surface area contributed by atoms with Crippen LogP contribution in [0.1, 0.15) is 64.7 Å². The molecule has 3 heteroatoms. The Hall–Kier alpha value is -1.35. The van der Waals surface area contributed by atoms with Crippen LogP contribution < -0.4 is 0 Å². The van der Waals surface area contributed by atoms with Gasteiger partial charge in [0.25, 0.3) is 0 Å². The van der Waals surface area contributed by atoms with Crippen molar-refractivity contribution >= 4 is 11.0 Å². The van der Waals surface area contributed by atoms with Gasteiger partial charge in [0.05, 0.1) is 30.0 Å². The van der Waals surface area contributed by atoms with E-state index in [1.54, 1.807) is 0 Å². The maximum Gasteiger partial charge on any atom is 0.0959 e. The predicted octanol–water partition coefficient (Wildman–Crippen LogP) is 4.93. The Kier molecular flexibility index (Phi) is 7.44. The Morgan fingerprint density at radius 2 is 1.68 bits per heavy atom. The molecule has 2 aromatic rings. The Bertz CT molecular complexity index is 535. The van der Waals surface area contributed by atoms with Crippen LogP contribution in [0.4, 0.5) is 0 Å². The van der Waals surface area contributed by atoms with Crippen LogP contribution in [0, 0.1) is 0 Å². The fourth-order valence-corrected chi connectivity index (χ4v) is 2.99. The maximum absolute atomic E-state index is 10.2. The molecule has 0 saturated carbocycles. The van der Waals surface area contributed by atoms with Crippen molar-refractivity contribution < 1.29 is 5.11 Å². The molecule has 1 aromatic carbocycles. The van der Waals surface area contributed by atoms with Crippen molar-refractivity contribution in [2.24, 2.45) is 0 Å². The van der Waals surface area contributed by atoms with E-state index in [0.717, 1.165) is 23.9 Å². The first-order chi connectivity index (χ1) is 10.8. The van der Waals surface area contributed by atoms with E-state index in [-0.39, 0.29) is 6.10 Å². The average molecular weight is 302 g/mol. The van der Waals surface area contributed by atoms with Crippen molar-refractivity contribution in [2.45, 2.75) is 77.4 Å². The lowest BCUT2D eigenvalue weighted by atomic mass is 10.1. The van der Waals surface area contributed by atoms with Crippen LogP contribution in [0.5, 0.6) is 0 Å². The highest BCUT2D eigenvalue weighted by Crippen LogP contribution is 2.15. The van der Waals surface area contributed by atoms with Crippen molar-refractivity contribution in [3.8, 4) is 0 Å². The molecule has 0 aliphatic rings. The van der Waals surface area contributed by atoms with Gasteiger partial charge in [0.15, 0.2) is 0 Å². The summed E-state index contributed by atoms with van der Waals surface area (Å²) in [6.45, 7) is 2.90. The molecule has 1 atom stereocenters. The van der Waals surface area contributed by atoms with Crippen molar-refractivity contribution in [2.75, 3.05) is 0 Å². The van der Waals surface area contributed by atoms with Gasteiger partial charge in [-0.1, -0.05) is 70.4 Å². The van der Waals surface area contributed by atoms with E-state index < -0.39 is 0 Å². The van der Waals surface area contributed by atoms with Gasteiger partial charge in [-0.15, -0.1) is 0 Å². The zero-order valence-corrected chi connectivity index (χ0v) is 13.9. The Morgan fingerprint density at radius 3 is 2.45 bits per heavy atom. The van der Waals surface area contributed by atoms with Gasteiger partial charge in [-0.2, -0.15) is 0 Å². The molecule has 0 bridgehead atoms. The van der Waals surface area contributed by atoms with Gasteiger partial charge in [-0.05, 0) is 18.6 Å². The molecule has 0 amide bonds. The number of rotatable bonds is 11. The molecule has 0 aliphatic heterocycles. The van der Waals surface area contributed by atoms with Gasteiger partial charge in [0.2, 0.25) is 0 Å². The first kappa shape index (κ1) is 17.0. The summed E-state index contributed by atoms with van der Waals surface area (Å²) in [5.74, 6) is 0. The minimum Gasteiger partial charge on any atom is -0.391 e. The van der Waals surface area contributed by atoms with Gasteiger partial charge in [-0.25, -0.2) is 4.98 Å². The van der Waals surface area contributed by atoms with E-state index in [2.05, 4.69) is 22.5 Å². The molecule has 0 fully saturated rings. The Morgan fingerprint density at radius 1 is 1.00 bits per heavy atom. The standard InChI is InChI=1S/C19H30N2O/c1-2-3-4-5-6-7-8-9-12-17(22)15-21-16-20-18-13-10-11-14-19(18)21/h10-11,13-14,16-17,22H,2-9,12,15H2,1H3. The van der Waals surface area contributed by atoms with E-state index in [1.165, 1.54) is 44.9 Å². The fourth-order valence-electron chi connectivity index (χ4n) is 2.99. The third-order valence-corrected chi connectivity index (χ3v) is 4.33. The van der Waals surface area contributed by atoms with E-state index in [0.29, 0.717) is 6.54 Å². The van der Waals surface area contributed by atoms with Gasteiger partial charge in [0.1, 0.15) is 0 Å². The molecule has 22 heavy (non-hydrogen) atoms. The number of aliphatic hydroxyl groups excluding tert-OH is 1. The third-order valence-electron chi connectivity index (χ3n) is 4.33. The van der Waals surface area contributed by atoms with Crippen molar-refractivity contribution in [3.05, 3.63) is 30.6 Å². The molecule has 1 unspecified atom stereocenters. The molecular formula is C19H30N2O. The summed E-state index contributed by atoms with van der Waals surface area (Å²) in [6, 6.07) is 8.09. The monoisotopic (exact) mass is 302 g/mol. The highest BCUT2D eigenvalue weighted by molar-refractivity contribution is 5.74. The molecule has 0 radical (unpaired) electrons. The zero-order chi connectivity index (χ0) is 15.6. The maximum atomic E-state index is 10.2. The summed E-state index contributed by atoms with van der Waals surface area (Å²) in [4.78, 5) is 4.37. The van der Waals surface area contributed by atoms with Crippen molar-refractivity contribution in [1.82, 2.24) is 9.55 Å². The van der Waals surface area contributed by atoms with E-state index in [1.807, 2.05) is 24.5 Å². The summed E-state index contributed by atoms with van der Waals surface area (Å²) in [7, 11) is 0. The first-order valence-electron chi connectivity index (χ1n) is 8.89. The van der Waals surface area contributed by atoms with Crippen LogP contribution in [-0.4, -0.2) is 20.8 Å². The van der Waals surface area contributed by atoms with E-state index in [4.69, 9.17) is 0 Å². The number of nitrogens with zero attached hydrogens (tertiary/aromatic N) is 2. The summed E-state index contributed by atoms with van der Waals surface area (Å²) in [5, 5.41) is 10.2. The number of aromatic nitrogens is 2. The SMILES string of the molecule is CCCCCCCCCCC(O)Cn1cnc2ccccc21. The number of aliphatic hydroxyl groups is 1. The van der Waals surface area contributed by atoms with Gasteiger partial charge >= 0.3 is 0 Å². The third kappa shape index (κ3) is 5.45. The Labute approximate surface area is 134 Å². The number of imidazole rings is 1. The first-order valence-corrected chi connectivity index (χ1v) is 8.89. The second-order valence-corrected chi connectivity index (χ2v) is 6.30. The van der Waals surface area contributed by atoms with Gasteiger partial charge < -0.3 is 9.67 Å². The van der Waals surface area contributed by atoms with Gasteiger partial charge in [0, 0.05) is 0 Å². The highest BCUT2D eigenvalue weighted by Gasteiger charge is 2.08. The van der Waals surface area contributed by atoms with Crippen LogP contribution in [0.2, 0.25) is 0 Å².